The smallest absolute Gasteiger partial charge is 0.246 e. The van der Waals surface area contributed by atoms with Crippen LogP contribution in [0.25, 0.3) is 0 Å². The standard InChI is InChI=1S/C23H43NO4Si/c1-14(2)29(15(3)4,16(5)6)28-13-23-12-19(23)21-17(10-18(23)22(21)26-8)11-20(25)24(7)27-9/h14-19,21-22H,10-13H2,1-9H3/t17?,18-,19?,21?,22+,23?/m1/s1. The number of carbonyl (C=O) groups is 1. The molecule has 5 nitrogen and oxygen atoms in total. The van der Waals surface area contributed by atoms with E-state index in [0.717, 1.165) is 13.0 Å². The van der Waals surface area contributed by atoms with E-state index in [1.807, 2.05) is 7.11 Å². The minimum Gasteiger partial charge on any atom is -0.415 e. The number of hydrogen-bond acceptors (Lipinski definition) is 4. The SMILES string of the molecule is CO[C@@H]1C2C(CC(=O)N(C)OC)C[C@H]1C1(CO[Si](C(C)C)(C(C)C)C(C)C)CC21. The third-order valence-corrected chi connectivity index (χ3v) is 14.9. The number of hydrogen-bond donors (Lipinski definition) is 0. The van der Waals surface area contributed by atoms with Gasteiger partial charge >= 0.3 is 0 Å². The number of carbonyl (C=O) groups excluding carboxylic acids is 1. The Morgan fingerprint density at radius 3 is 2.14 bits per heavy atom. The van der Waals surface area contributed by atoms with E-state index in [0.29, 0.717) is 52.1 Å². The molecule has 168 valence electrons. The van der Waals surface area contributed by atoms with Crippen molar-refractivity contribution in [3.05, 3.63) is 0 Å². The van der Waals surface area contributed by atoms with Gasteiger partial charge in [-0.15, -0.1) is 0 Å². The summed E-state index contributed by atoms with van der Waals surface area (Å²) in [6.45, 7) is 15.1. The second-order valence-electron chi connectivity index (χ2n) is 10.8. The minimum atomic E-state index is -1.86. The van der Waals surface area contributed by atoms with Gasteiger partial charge in [0.1, 0.15) is 0 Å². The molecule has 0 aromatic rings. The van der Waals surface area contributed by atoms with Crippen molar-refractivity contribution in [1.29, 1.82) is 0 Å². The number of nitrogens with zero attached hydrogens (tertiary/aromatic N) is 1. The highest BCUT2D eigenvalue weighted by atomic mass is 28.4. The fraction of sp³-hybridized carbons (Fsp3) is 0.957. The zero-order chi connectivity index (χ0) is 21.7. The first-order valence-electron chi connectivity index (χ1n) is 11.5. The summed E-state index contributed by atoms with van der Waals surface area (Å²) in [5.41, 5.74) is 2.14. The molecule has 0 saturated heterocycles. The van der Waals surface area contributed by atoms with Gasteiger partial charge in [0.2, 0.25) is 5.91 Å². The Labute approximate surface area is 178 Å². The molecule has 3 fully saturated rings. The fourth-order valence-electron chi connectivity index (χ4n) is 7.60. The molecule has 0 aromatic heterocycles. The van der Waals surface area contributed by atoms with Gasteiger partial charge in [0, 0.05) is 32.6 Å². The Kier molecular flexibility index (Phi) is 6.61. The monoisotopic (exact) mass is 425 g/mol. The van der Waals surface area contributed by atoms with Crippen LogP contribution in [0, 0.1) is 29.1 Å². The first kappa shape index (κ1) is 23.2. The Morgan fingerprint density at radius 1 is 1.07 bits per heavy atom. The Balaban J connectivity index is 1.72. The maximum absolute atomic E-state index is 12.4. The van der Waals surface area contributed by atoms with E-state index in [1.165, 1.54) is 11.5 Å². The van der Waals surface area contributed by atoms with Crippen molar-refractivity contribution < 1.29 is 18.8 Å². The van der Waals surface area contributed by atoms with Crippen LogP contribution in [-0.4, -0.2) is 53.3 Å². The molecule has 1 amide bonds. The molecule has 0 aromatic carbocycles. The lowest BCUT2D eigenvalue weighted by Gasteiger charge is -2.44. The molecule has 3 aliphatic rings. The van der Waals surface area contributed by atoms with Crippen molar-refractivity contribution in [2.24, 2.45) is 29.1 Å². The Hall–Kier alpha value is -0.433. The number of hydroxylamine groups is 2. The molecule has 0 N–H and O–H groups in total. The van der Waals surface area contributed by atoms with Crippen molar-refractivity contribution >= 4 is 14.2 Å². The van der Waals surface area contributed by atoms with Crippen molar-refractivity contribution in [2.45, 2.75) is 83.5 Å². The molecular weight excluding hydrogens is 382 g/mol. The van der Waals surface area contributed by atoms with Crippen LogP contribution in [0.3, 0.4) is 0 Å². The first-order chi connectivity index (χ1) is 13.6. The van der Waals surface area contributed by atoms with Crippen LogP contribution < -0.4 is 0 Å². The van der Waals surface area contributed by atoms with Crippen molar-refractivity contribution in [2.75, 3.05) is 27.9 Å². The topological polar surface area (TPSA) is 48.0 Å². The molecule has 0 heterocycles. The third kappa shape index (κ3) is 3.52. The van der Waals surface area contributed by atoms with Gasteiger partial charge in [-0.2, -0.15) is 0 Å². The maximum atomic E-state index is 12.4. The van der Waals surface area contributed by atoms with Crippen LogP contribution in [0.15, 0.2) is 0 Å². The summed E-state index contributed by atoms with van der Waals surface area (Å²) >= 11 is 0. The van der Waals surface area contributed by atoms with Crippen LogP contribution in [0.2, 0.25) is 16.6 Å². The van der Waals surface area contributed by atoms with E-state index in [-0.39, 0.29) is 12.0 Å². The second kappa shape index (κ2) is 8.25. The summed E-state index contributed by atoms with van der Waals surface area (Å²) in [4.78, 5) is 17.5. The Bertz CT molecular complexity index is 588. The average molecular weight is 426 g/mol. The molecule has 3 aliphatic carbocycles. The first-order valence-corrected chi connectivity index (χ1v) is 13.7. The fourth-order valence-corrected chi connectivity index (χ4v) is 13.1. The molecule has 0 radical (unpaired) electrons. The van der Waals surface area contributed by atoms with Gasteiger partial charge in [-0.3, -0.25) is 9.63 Å². The lowest BCUT2D eigenvalue weighted by atomic mass is 9.80. The van der Waals surface area contributed by atoms with Crippen molar-refractivity contribution in [3.63, 3.8) is 0 Å². The van der Waals surface area contributed by atoms with Gasteiger partial charge in [0.25, 0.3) is 0 Å². The number of rotatable bonds is 10. The largest absolute Gasteiger partial charge is 0.415 e. The quantitative estimate of drug-likeness (QED) is 0.370. The van der Waals surface area contributed by atoms with Crippen LogP contribution >= 0.6 is 0 Å². The second-order valence-corrected chi connectivity index (χ2v) is 16.3. The molecule has 0 spiro atoms. The molecule has 2 bridgehead atoms. The number of methoxy groups -OCH3 is 1. The van der Waals surface area contributed by atoms with Crippen LogP contribution in [0.5, 0.6) is 0 Å². The van der Waals surface area contributed by atoms with E-state index in [4.69, 9.17) is 14.0 Å². The average Bonchev–Trinajstić information content (AvgIpc) is 3.21. The summed E-state index contributed by atoms with van der Waals surface area (Å²) in [5, 5.41) is 1.37. The third-order valence-electron chi connectivity index (χ3n) is 8.89. The van der Waals surface area contributed by atoms with Gasteiger partial charge in [0.05, 0.1) is 13.2 Å². The number of ether oxygens (including phenoxy) is 1. The number of fused-ring (bicyclic) bond motifs is 5. The molecule has 3 rings (SSSR count). The molecule has 3 saturated carbocycles. The molecule has 6 atom stereocenters. The lowest BCUT2D eigenvalue weighted by Crippen LogP contribution is -2.49. The van der Waals surface area contributed by atoms with Crippen LogP contribution in [0.1, 0.15) is 60.8 Å². The number of amides is 1. The minimum absolute atomic E-state index is 0.0771. The summed E-state index contributed by atoms with van der Waals surface area (Å²) in [5.74, 6) is 2.18. The Morgan fingerprint density at radius 2 is 1.66 bits per heavy atom. The van der Waals surface area contributed by atoms with Gasteiger partial charge in [-0.05, 0) is 53.1 Å². The highest BCUT2D eigenvalue weighted by molar-refractivity contribution is 6.77. The van der Waals surface area contributed by atoms with E-state index >= 15 is 0 Å². The molecular formula is C23H43NO4Si. The van der Waals surface area contributed by atoms with Crippen molar-refractivity contribution in [1.82, 2.24) is 5.06 Å². The molecule has 4 unspecified atom stereocenters. The molecule has 0 aliphatic heterocycles. The van der Waals surface area contributed by atoms with Gasteiger partial charge in [0.15, 0.2) is 8.32 Å². The molecule has 29 heavy (non-hydrogen) atoms. The highest BCUT2D eigenvalue weighted by Crippen LogP contribution is 2.77. The van der Waals surface area contributed by atoms with Gasteiger partial charge in [-0.25, -0.2) is 5.06 Å². The van der Waals surface area contributed by atoms with E-state index in [9.17, 15) is 4.79 Å². The lowest BCUT2D eigenvalue weighted by molar-refractivity contribution is -0.170. The van der Waals surface area contributed by atoms with Crippen molar-refractivity contribution in [3.8, 4) is 0 Å². The summed E-state index contributed by atoms with van der Waals surface area (Å²) < 4.78 is 13.0. The van der Waals surface area contributed by atoms with E-state index in [2.05, 4.69) is 41.5 Å². The molecule has 6 heteroatoms. The van der Waals surface area contributed by atoms with E-state index in [1.54, 1.807) is 14.2 Å². The van der Waals surface area contributed by atoms with Gasteiger partial charge in [-0.1, -0.05) is 41.5 Å². The maximum Gasteiger partial charge on any atom is 0.246 e. The normalized spacial score (nSPS) is 35.7. The van der Waals surface area contributed by atoms with Crippen LogP contribution in [0.4, 0.5) is 0 Å². The summed E-state index contributed by atoms with van der Waals surface area (Å²) in [6, 6.07) is 0. The summed E-state index contributed by atoms with van der Waals surface area (Å²) in [6.07, 6.45) is 3.20. The highest BCUT2D eigenvalue weighted by Gasteiger charge is 2.76. The predicted octanol–water partition coefficient (Wildman–Crippen LogP) is 4.88. The summed E-state index contributed by atoms with van der Waals surface area (Å²) in [7, 11) is 3.25. The zero-order valence-electron chi connectivity index (χ0n) is 20.0. The van der Waals surface area contributed by atoms with E-state index < -0.39 is 8.32 Å². The van der Waals surface area contributed by atoms with Gasteiger partial charge < -0.3 is 9.16 Å². The predicted molar refractivity (Wildman–Crippen MR) is 118 cm³/mol. The zero-order valence-corrected chi connectivity index (χ0v) is 21.0. The van der Waals surface area contributed by atoms with Crippen LogP contribution in [-0.2, 0) is 18.8 Å².